The Morgan fingerprint density at radius 3 is 1.94 bits per heavy atom. The number of fused-ring (bicyclic) bond motifs is 2. The molecule has 0 radical (unpaired) electrons. The van der Waals surface area contributed by atoms with Gasteiger partial charge in [0.25, 0.3) is 17.7 Å². The van der Waals surface area contributed by atoms with Crippen molar-refractivity contribution in [1.29, 1.82) is 0 Å². The van der Waals surface area contributed by atoms with Crippen LogP contribution in [0.1, 0.15) is 139 Å². The summed E-state index contributed by atoms with van der Waals surface area (Å²) in [4.78, 5) is 59.0. The quantitative estimate of drug-likeness (QED) is 0.0303. The van der Waals surface area contributed by atoms with Crippen LogP contribution in [0.4, 0.5) is 11.4 Å². The van der Waals surface area contributed by atoms with Crippen molar-refractivity contribution in [1.82, 2.24) is 0 Å². The monoisotopic (exact) mass is 842 g/mol. The fourth-order valence-corrected chi connectivity index (χ4v) is 9.23. The van der Waals surface area contributed by atoms with Crippen LogP contribution in [-0.4, -0.2) is 36.7 Å². The maximum absolute atomic E-state index is 14.8. The van der Waals surface area contributed by atoms with Crippen LogP contribution in [0.15, 0.2) is 84.9 Å². The smallest absolute Gasteiger partial charge is 0.266 e. The molecule has 324 valence electrons. The third kappa shape index (κ3) is 8.12. The molecule has 1 heterocycles. The largest absolute Gasteiger partial charge is 0.493 e. The summed E-state index contributed by atoms with van der Waals surface area (Å²) < 4.78 is 13.7. The van der Waals surface area contributed by atoms with Gasteiger partial charge in [0.05, 0.1) is 30.0 Å². The fourth-order valence-electron chi connectivity index (χ4n) is 9.23. The van der Waals surface area contributed by atoms with Gasteiger partial charge in [-0.2, -0.15) is 0 Å². The van der Waals surface area contributed by atoms with Gasteiger partial charge in [0, 0.05) is 49.1 Å². The second-order valence-electron chi connectivity index (χ2n) is 17.8. The van der Waals surface area contributed by atoms with Crippen molar-refractivity contribution in [3.05, 3.63) is 118 Å². The predicted molar refractivity (Wildman–Crippen MR) is 257 cm³/mol. The van der Waals surface area contributed by atoms with Gasteiger partial charge in [0.2, 0.25) is 0 Å². The van der Waals surface area contributed by atoms with E-state index in [2.05, 4.69) is 52.1 Å². The van der Waals surface area contributed by atoms with E-state index in [4.69, 9.17) is 9.47 Å². The molecule has 0 saturated heterocycles. The highest BCUT2D eigenvalue weighted by atomic mass is 16.5. The molecule has 0 saturated carbocycles. The normalized spacial score (nSPS) is 13.2. The van der Waals surface area contributed by atoms with E-state index in [1.807, 2.05) is 43.3 Å². The molecule has 0 fully saturated rings. The van der Waals surface area contributed by atoms with Gasteiger partial charge in [-0.15, -0.1) is 0 Å². The molecule has 3 amide bonds. The molecule has 7 aromatic carbocycles. The summed E-state index contributed by atoms with van der Waals surface area (Å²) in [6.07, 6.45) is 8.45. The Labute approximate surface area is 370 Å². The Morgan fingerprint density at radius 1 is 0.651 bits per heavy atom. The third-order valence-corrected chi connectivity index (χ3v) is 12.7. The number of nitrogens with zero attached hydrogens (tertiary/aromatic N) is 1. The first kappa shape index (κ1) is 43.4. The van der Waals surface area contributed by atoms with Crippen LogP contribution in [0.2, 0.25) is 0 Å². The van der Waals surface area contributed by atoms with Crippen LogP contribution in [-0.2, 0) is 6.42 Å². The summed E-state index contributed by atoms with van der Waals surface area (Å²) in [7, 11) is 0. The van der Waals surface area contributed by atoms with E-state index >= 15 is 0 Å². The molecule has 1 aliphatic heterocycles. The van der Waals surface area contributed by atoms with Gasteiger partial charge in [0.15, 0.2) is 5.78 Å². The van der Waals surface area contributed by atoms with E-state index < -0.39 is 11.8 Å². The molecule has 1 unspecified atom stereocenters. The number of aryl methyl sites for hydroxylation is 2. The van der Waals surface area contributed by atoms with E-state index in [0.717, 1.165) is 61.3 Å². The zero-order valence-electron chi connectivity index (χ0n) is 37.7. The van der Waals surface area contributed by atoms with Crippen molar-refractivity contribution in [2.75, 3.05) is 23.4 Å². The van der Waals surface area contributed by atoms with E-state index in [1.165, 1.54) is 23.8 Å². The molecule has 1 atom stereocenters. The second kappa shape index (κ2) is 18.2. The lowest BCUT2D eigenvalue weighted by Crippen LogP contribution is -2.40. The maximum atomic E-state index is 14.8. The summed E-state index contributed by atoms with van der Waals surface area (Å²) in [6.45, 7) is 14.9. The molecule has 8 nitrogen and oxygen atoms in total. The summed E-state index contributed by atoms with van der Waals surface area (Å²) in [6, 6.07) is 26.4. The molecule has 0 aliphatic carbocycles. The number of carbonyl (C=O) groups is 4. The lowest BCUT2D eigenvalue weighted by atomic mass is 9.82. The molecular formula is C55H58N2O6. The number of Topliss-reactive ketones (excluding diaryl/α,β-unsaturated/α-hetero) is 1. The van der Waals surface area contributed by atoms with Crippen LogP contribution < -0.4 is 19.7 Å². The van der Waals surface area contributed by atoms with Gasteiger partial charge >= 0.3 is 0 Å². The van der Waals surface area contributed by atoms with Gasteiger partial charge in [-0.25, -0.2) is 4.90 Å². The first-order chi connectivity index (χ1) is 30.4. The number of benzene rings is 7. The van der Waals surface area contributed by atoms with E-state index in [-0.39, 0.29) is 23.5 Å². The number of ketones is 1. The van der Waals surface area contributed by atoms with Gasteiger partial charge in [-0.05, 0) is 104 Å². The average molecular weight is 843 g/mol. The predicted octanol–water partition coefficient (Wildman–Crippen LogP) is 13.7. The molecule has 1 aliphatic rings. The molecule has 8 heteroatoms. The van der Waals surface area contributed by atoms with Crippen LogP contribution in [0.25, 0.3) is 43.1 Å². The lowest BCUT2D eigenvalue weighted by molar-refractivity contribution is 0.0891. The Kier molecular flexibility index (Phi) is 12.5. The van der Waals surface area contributed by atoms with Crippen LogP contribution >= 0.6 is 0 Å². The Morgan fingerprint density at radius 2 is 1.29 bits per heavy atom. The van der Waals surface area contributed by atoms with E-state index in [0.29, 0.717) is 90.7 Å². The number of anilines is 2. The number of rotatable bonds is 18. The van der Waals surface area contributed by atoms with Gasteiger partial charge in [-0.1, -0.05) is 115 Å². The topological polar surface area (TPSA) is 102 Å². The number of hydrogen-bond donors (Lipinski definition) is 1. The molecular weight excluding hydrogens is 785 g/mol. The molecule has 63 heavy (non-hydrogen) atoms. The van der Waals surface area contributed by atoms with Crippen molar-refractivity contribution >= 4 is 78.0 Å². The highest BCUT2D eigenvalue weighted by molar-refractivity contribution is 6.44. The van der Waals surface area contributed by atoms with Crippen molar-refractivity contribution in [2.45, 2.75) is 99.8 Å². The minimum atomic E-state index is -0.428. The summed E-state index contributed by atoms with van der Waals surface area (Å²) in [5.74, 6) is -0.0312. The minimum absolute atomic E-state index is 0.141. The number of hydrogen-bond acceptors (Lipinski definition) is 6. The van der Waals surface area contributed by atoms with E-state index in [1.54, 1.807) is 36.4 Å². The SMILES string of the molecule is CCCCCc1ccc(NC(=O)c2cc(OCC(C)C)c3c4c(OCC(CC)CCCC)cc5c6c(ccc(c7ccc(C(C)=O)c2c73)c64)C(=O)N(c2ccc(C)cc2)C5=O)cc1. The highest BCUT2D eigenvalue weighted by Gasteiger charge is 2.37. The molecule has 8 rings (SSSR count). The number of unbranched alkanes of at least 4 members (excludes halogenated alkanes) is 3. The number of imide groups is 1. The maximum Gasteiger partial charge on any atom is 0.266 e. The van der Waals surface area contributed by atoms with Crippen LogP contribution in [0, 0.1) is 18.8 Å². The summed E-state index contributed by atoms with van der Waals surface area (Å²) >= 11 is 0. The zero-order chi connectivity index (χ0) is 44.5. The summed E-state index contributed by atoms with van der Waals surface area (Å²) in [5, 5.41) is 8.49. The van der Waals surface area contributed by atoms with Crippen molar-refractivity contribution in [3.63, 3.8) is 0 Å². The average Bonchev–Trinajstić information content (AvgIpc) is 3.27. The lowest BCUT2D eigenvalue weighted by Gasteiger charge is -2.30. The van der Waals surface area contributed by atoms with Crippen molar-refractivity contribution < 1.29 is 28.7 Å². The number of nitrogens with one attached hydrogen (secondary N) is 1. The second-order valence-corrected chi connectivity index (χ2v) is 17.8. The standard InChI is InChI=1S/C55H58N2O6/c1-8-11-13-15-36-18-20-37(21-19-36)56-53(59)43-28-45(62-30-32(4)5)51-49-40(25-24-39(34(7)58)47(43)49)41-26-27-42-48-44(55(61)57(54(42)60)38-22-16-33(6)17-23-38)29-46(52(51)50(41)48)63-31-35(10-3)14-12-9-2/h16-29,32,35H,8-15,30-31H2,1-7H3,(H,56,59). The van der Waals surface area contributed by atoms with E-state index in [9.17, 15) is 19.2 Å². The first-order valence-electron chi connectivity index (χ1n) is 22.9. The number of amides is 3. The van der Waals surface area contributed by atoms with Crippen LogP contribution in [0.5, 0.6) is 11.5 Å². The summed E-state index contributed by atoms with van der Waals surface area (Å²) in [5.41, 5.74) is 4.87. The molecule has 1 N–H and O–H groups in total. The number of ether oxygens (including phenoxy) is 2. The first-order valence-corrected chi connectivity index (χ1v) is 22.9. The Balaban J connectivity index is 1.42. The highest BCUT2D eigenvalue weighted by Crippen LogP contribution is 2.52. The fraction of sp³-hybridized carbons (Fsp3) is 0.345. The van der Waals surface area contributed by atoms with Crippen molar-refractivity contribution in [3.8, 4) is 11.5 Å². The molecule has 7 aromatic rings. The van der Waals surface area contributed by atoms with Gasteiger partial charge in [-0.3, -0.25) is 19.2 Å². The Hall–Kier alpha value is -6.28. The van der Waals surface area contributed by atoms with Crippen molar-refractivity contribution in [2.24, 2.45) is 11.8 Å². The zero-order valence-corrected chi connectivity index (χ0v) is 37.7. The van der Waals surface area contributed by atoms with Gasteiger partial charge in [0.1, 0.15) is 11.5 Å². The molecule has 0 bridgehead atoms. The number of carbonyl (C=O) groups excluding carboxylic acids is 4. The minimum Gasteiger partial charge on any atom is -0.493 e. The Bertz CT molecular complexity index is 2880. The molecule has 0 aromatic heterocycles. The molecule has 0 spiro atoms. The van der Waals surface area contributed by atoms with Gasteiger partial charge < -0.3 is 14.8 Å². The van der Waals surface area contributed by atoms with Crippen LogP contribution in [0.3, 0.4) is 0 Å². The third-order valence-electron chi connectivity index (χ3n) is 12.7.